The van der Waals surface area contributed by atoms with E-state index in [1.807, 2.05) is 0 Å². The van der Waals surface area contributed by atoms with Crippen molar-refractivity contribution in [3.05, 3.63) is 17.8 Å². The minimum Gasteiger partial charge on any atom is -0.496 e. The Morgan fingerprint density at radius 2 is 2.14 bits per heavy atom. The molecule has 0 saturated carbocycles. The summed E-state index contributed by atoms with van der Waals surface area (Å²) in [7, 11) is 3.18. The van der Waals surface area contributed by atoms with Gasteiger partial charge in [-0.25, -0.2) is 4.98 Å². The fourth-order valence-electron chi connectivity index (χ4n) is 1.31. The van der Waals surface area contributed by atoms with E-state index in [0.29, 0.717) is 18.7 Å². The minimum atomic E-state index is 0.154. The SMILES string of the molecule is COc1ccnc(OC)c1CCCO. The van der Waals surface area contributed by atoms with Crippen LogP contribution in [0.15, 0.2) is 12.3 Å². The molecule has 0 radical (unpaired) electrons. The summed E-state index contributed by atoms with van der Waals surface area (Å²) in [5.74, 6) is 1.32. The van der Waals surface area contributed by atoms with Gasteiger partial charge >= 0.3 is 0 Å². The van der Waals surface area contributed by atoms with E-state index in [1.165, 1.54) is 0 Å². The Bertz CT molecular complexity index is 266. The highest BCUT2D eigenvalue weighted by Crippen LogP contribution is 2.26. The van der Waals surface area contributed by atoms with Crippen molar-refractivity contribution < 1.29 is 14.6 Å². The summed E-state index contributed by atoms with van der Waals surface area (Å²) in [5, 5.41) is 8.75. The lowest BCUT2D eigenvalue weighted by Crippen LogP contribution is -2.00. The van der Waals surface area contributed by atoms with Gasteiger partial charge in [-0.3, -0.25) is 0 Å². The van der Waals surface area contributed by atoms with Gasteiger partial charge in [0.1, 0.15) is 5.75 Å². The van der Waals surface area contributed by atoms with E-state index in [1.54, 1.807) is 26.5 Å². The zero-order chi connectivity index (χ0) is 10.4. The quantitative estimate of drug-likeness (QED) is 0.765. The summed E-state index contributed by atoms with van der Waals surface area (Å²) in [5.41, 5.74) is 0.909. The lowest BCUT2D eigenvalue weighted by molar-refractivity contribution is 0.286. The fourth-order valence-corrected chi connectivity index (χ4v) is 1.31. The zero-order valence-electron chi connectivity index (χ0n) is 8.49. The summed E-state index contributed by atoms with van der Waals surface area (Å²) in [6.45, 7) is 0.154. The molecular formula is C10H15NO3. The molecular weight excluding hydrogens is 182 g/mol. The third kappa shape index (κ3) is 2.35. The number of hydrogen-bond acceptors (Lipinski definition) is 4. The standard InChI is InChI=1S/C10H15NO3/c1-13-9-5-6-11-10(14-2)8(9)4-3-7-12/h5-6,12H,3-4,7H2,1-2H3. The second-order valence-corrected chi connectivity index (χ2v) is 2.83. The summed E-state index contributed by atoms with van der Waals surface area (Å²) in [4.78, 5) is 4.07. The maximum absolute atomic E-state index is 8.75. The molecule has 0 saturated heterocycles. The molecule has 4 nitrogen and oxygen atoms in total. The van der Waals surface area contributed by atoms with Crippen LogP contribution in [0.1, 0.15) is 12.0 Å². The molecule has 4 heteroatoms. The minimum absolute atomic E-state index is 0.154. The third-order valence-corrected chi connectivity index (χ3v) is 1.97. The van der Waals surface area contributed by atoms with Crippen molar-refractivity contribution in [1.82, 2.24) is 4.98 Å². The number of aromatic nitrogens is 1. The lowest BCUT2D eigenvalue weighted by atomic mass is 10.1. The molecule has 0 aliphatic heterocycles. The molecule has 0 aliphatic carbocycles. The summed E-state index contributed by atoms with van der Waals surface area (Å²) in [6, 6.07) is 1.79. The van der Waals surface area contributed by atoms with E-state index < -0.39 is 0 Å². The van der Waals surface area contributed by atoms with Crippen LogP contribution in [-0.4, -0.2) is 30.9 Å². The molecule has 0 fully saturated rings. The highest BCUT2D eigenvalue weighted by molar-refractivity contribution is 5.39. The Morgan fingerprint density at radius 1 is 1.36 bits per heavy atom. The molecule has 0 atom stereocenters. The van der Waals surface area contributed by atoms with Gasteiger partial charge in [0.15, 0.2) is 0 Å². The van der Waals surface area contributed by atoms with Gasteiger partial charge in [0.25, 0.3) is 0 Å². The first kappa shape index (κ1) is 10.8. The number of ether oxygens (including phenoxy) is 2. The van der Waals surface area contributed by atoms with Crippen LogP contribution in [0.5, 0.6) is 11.6 Å². The molecule has 0 aliphatic rings. The Kier molecular flexibility index (Phi) is 4.19. The zero-order valence-corrected chi connectivity index (χ0v) is 8.49. The van der Waals surface area contributed by atoms with Gasteiger partial charge < -0.3 is 14.6 Å². The van der Waals surface area contributed by atoms with Crippen molar-refractivity contribution in [2.24, 2.45) is 0 Å². The van der Waals surface area contributed by atoms with Crippen LogP contribution in [0.25, 0.3) is 0 Å². The van der Waals surface area contributed by atoms with Crippen molar-refractivity contribution >= 4 is 0 Å². The lowest BCUT2D eigenvalue weighted by Gasteiger charge is -2.10. The van der Waals surface area contributed by atoms with Gasteiger partial charge in [0, 0.05) is 12.8 Å². The molecule has 0 aromatic carbocycles. The third-order valence-electron chi connectivity index (χ3n) is 1.97. The molecule has 1 N–H and O–H groups in total. The number of nitrogens with zero attached hydrogens (tertiary/aromatic N) is 1. The predicted molar refractivity (Wildman–Crippen MR) is 52.7 cm³/mol. The van der Waals surface area contributed by atoms with E-state index in [-0.39, 0.29) is 6.61 Å². The number of methoxy groups -OCH3 is 2. The summed E-state index contributed by atoms with van der Waals surface area (Å²) in [6.07, 6.45) is 3.02. The summed E-state index contributed by atoms with van der Waals surface area (Å²) >= 11 is 0. The van der Waals surface area contributed by atoms with E-state index in [0.717, 1.165) is 11.3 Å². The topological polar surface area (TPSA) is 51.6 Å². The molecule has 78 valence electrons. The number of pyridine rings is 1. The highest BCUT2D eigenvalue weighted by atomic mass is 16.5. The van der Waals surface area contributed by atoms with Crippen molar-refractivity contribution in [2.45, 2.75) is 12.8 Å². The Balaban J connectivity index is 2.93. The monoisotopic (exact) mass is 197 g/mol. The van der Waals surface area contributed by atoms with Crippen LogP contribution in [-0.2, 0) is 6.42 Å². The van der Waals surface area contributed by atoms with Gasteiger partial charge in [0.2, 0.25) is 5.88 Å². The van der Waals surface area contributed by atoms with Crippen molar-refractivity contribution in [2.75, 3.05) is 20.8 Å². The van der Waals surface area contributed by atoms with Crippen molar-refractivity contribution in [1.29, 1.82) is 0 Å². The largest absolute Gasteiger partial charge is 0.496 e. The normalized spacial score (nSPS) is 9.93. The molecule has 0 unspecified atom stereocenters. The van der Waals surface area contributed by atoms with Crippen LogP contribution >= 0.6 is 0 Å². The average Bonchev–Trinajstić information content (AvgIpc) is 2.25. The highest BCUT2D eigenvalue weighted by Gasteiger charge is 2.09. The van der Waals surface area contributed by atoms with Crippen molar-refractivity contribution in [3.63, 3.8) is 0 Å². The fraction of sp³-hybridized carbons (Fsp3) is 0.500. The van der Waals surface area contributed by atoms with Gasteiger partial charge in [-0.2, -0.15) is 0 Å². The molecule has 0 spiro atoms. The van der Waals surface area contributed by atoms with E-state index in [2.05, 4.69) is 4.98 Å². The van der Waals surface area contributed by atoms with Crippen LogP contribution in [0.4, 0.5) is 0 Å². The van der Waals surface area contributed by atoms with Crippen LogP contribution < -0.4 is 9.47 Å². The molecule has 1 aromatic heterocycles. The van der Waals surface area contributed by atoms with Gasteiger partial charge in [0.05, 0.1) is 19.8 Å². The first-order valence-electron chi connectivity index (χ1n) is 4.50. The second kappa shape index (κ2) is 5.44. The molecule has 14 heavy (non-hydrogen) atoms. The van der Waals surface area contributed by atoms with Crippen LogP contribution in [0, 0.1) is 0 Å². The Labute approximate surface area is 83.5 Å². The first-order valence-corrected chi connectivity index (χ1v) is 4.50. The van der Waals surface area contributed by atoms with Crippen molar-refractivity contribution in [3.8, 4) is 11.6 Å². The second-order valence-electron chi connectivity index (χ2n) is 2.83. The molecule has 0 amide bonds. The maximum atomic E-state index is 8.75. The number of aliphatic hydroxyl groups is 1. The molecule has 1 heterocycles. The number of hydrogen-bond donors (Lipinski definition) is 1. The van der Waals surface area contributed by atoms with Gasteiger partial charge in [-0.05, 0) is 18.9 Å². The first-order chi connectivity index (χ1) is 6.83. The number of rotatable bonds is 5. The molecule has 1 rings (SSSR count). The van der Waals surface area contributed by atoms with E-state index >= 15 is 0 Å². The van der Waals surface area contributed by atoms with E-state index in [4.69, 9.17) is 14.6 Å². The van der Waals surface area contributed by atoms with Gasteiger partial charge in [-0.15, -0.1) is 0 Å². The number of aliphatic hydroxyl groups excluding tert-OH is 1. The summed E-state index contributed by atoms with van der Waals surface area (Å²) < 4.78 is 10.3. The predicted octanol–water partition coefficient (Wildman–Crippen LogP) is 1.02. The van der Waals surface area contributed by atoms with Crippen LogP contribution in [0.3, 0.4) is 0 Å². The Hall–Kier alpha value is -1.29. The maximum Gasteiger partial charge on any atom is 0.219 e. The Morgan fingerprint density at radius 3 is 2.71 bits per heavy atom. The smallest absolute Gasteiger partial charge is 0.219 e. The van der Waals surface area contributed by atoms with Gasteiger partial charge in [-0.1, -0.05) is 0 Å². The molecule has 0 bridgehead atoms. The van der Waals surface area contributed by atoms with Crippen LogP contribution in [0.2, 0.25) is 0 Å². The van der Waals surface area contributed by atoms with E-state index in [9.17, 15) is 0 Å². The molecule has 1 aromatic rings. The average molecular weight is 197 g/mol.